The van der Waals surface area contributed by atoms with E-state index in [2.05, 4.69) is 49.3 Å². The van der Waals surface area contributed by atoms with Crippen LogP contribution in [0.25, 0.3) is 0 Å². The molecule has 1 aliphatic rings. The van der Waals surface area contributed by atoms with Crippen molar-refractivity contribution < 1.29 is 0 Å². The fraction of sp³-hybridized carbons (Fsp3) is 0.625. The van der Waals surface area contributed by atoms with E-state index in [1.165, 1.54) is 54.3 Å². The Labute approximate surface area is 134 Å². The third-order valence-electron chi connectivity index (χ3n) is 4.07. The number of likely N-dealkylation sites (tertiary alicyclic amines) is 1. The van der Waals surface area contributed by atoms with Gasteiger partial charge in [-0.15, -0.1) is 24.2 Å². The number of piperidine rings is 1. The number of halogens is 1. The van der Waals surface area contributed by atoms with Gasteiger partial charge in [-0.2, -0.15) is 0 Å². The van der Waals surface area contributed by atoms with Crippen LogP contribution in [0.5, 0.6) is 0 Å². The number of rotatable bonds is 5. The maximum Gasteiger partial charge on any atom is 0.0192 e. The molecule has 1 atom stereocenters. The van der Waals surface area contributed by atoms with Gasteiger partial charge in [-0.1, -0.05) is 6.07 Å². The van der Waals surface area contributed by atoms with Crippen molar-refractivity contribution in [2.24, 2.45) is 0 Å². The molecule has 1 unspecified atom stereocenters. The summed E-state index contributed by atoms with van der Waals surface area (Å²) in [6.07, 6.45) is 2.66. The fourth-order valence-corrected chi connectivity index (χ4v) is 3.60. The van der Waals surface area contributed by atoms with Crippen LogP contribution in [0.15, 0.2) is 23.1 Å². The minimum absolute atomic E-state index is 0. The van der Waals surface area contributed by atoms with Gasteiger partial charge >= 0.3 is 0 Å². The maximum atomic E-state index is 3.41. The van der Waals surface area contributed by atoms with E-state index in [0.29, 0.717) is 6.04 Å². The lowest BCUT2D eigenvalue weighted by atomic mass is 10.1. The molecule has 1 aromatic carbocycles. The van der Waals surface area contributed by atoms with Gasteiger partial charge in [-0.3, -0.25) is 0 Å². The third-order valence-corrected chi connectivity index (χ3v) is 5.04. The van der Waals surface area contributed by atoms with Crippen LogP contribution in [0.1, 0.15) is 24.0 Å². The Bertz CT molecular complexity index is 411. The molecule has 1 heterocycles. The van der Waals surface area contributed by atoms with Gasteiger partial charge in [0.25, 0.3) is 0 Å². The Morgan fingerprint density at radius 2 is 2.10 bits per heavy atom. The molecule has 0 radical (unpaired) electrons. The molecule has 0 bridgehead atoms. The predicted molar refractivity (Wildman–Crippen MR) is 92.4 cm³/mol. The summed E-state index contributed by atoms with van der Waals surface area (Å²) in [6.45, 7) is 8.06. The summed E-state index contributed by atoms with van der Waals surface area (Å²) in [5.41, 5.74) is 2.79. The van der Waals surface area contributed by atoms with E-state index < -0.39 is 0 Å². The molecule has 0 aliphatic carbocycles. The second-order valence-corrected chi connectivity index (χ2v) is 6.69. The summed E-state index contributed by atoms with van der Waals surface area (Å²) in [5, 5.41) is 3.41. The zero-order valence-electron chi connectivity index (χ0n) is 12.8. The topological polar surface area (TPSA) is 15.3 Å². The molecule has 1 fully saturated rings. The molecular formula is C16H27ClN2S. The molecule has 4 heteroatoms. The maximum absolute atomic E-state index is 3.41. The van der Waals surface area contributed by atoms with Crippen molar-refractivity contribution in [2.45, 2.75) is 37.6 Å². The van der Waals surface area contributed by atoms with Gasteiger partial charge in [-0.25, -0.2) is 0 Å². The highest BCUT2D eigenvalue weighted by Gasteiger charge is 2.17. The quantitative estimate of drug-likeness (QED) is 0.837. The van der Waals surface area contributed by atoms with E-state index in [4.69, 9.17) is 0 Å². The molecule has 20 heavy (non-hydrogen) atoms. The number of hydrogen-bond donors (Lipinski definition) is 1. The molecule has 0 aromatic heterocycles. The van der Waals surface area contributed by atoms with Crippen molar-refractivity contribution in [3.05, 3.63) is 29.3 Å². The van der Waals surface area contributed by atoms with Crippen LogP contribution in [0.4, 0.5) is 0 Å². The highest BCUT2D eigenvalue weighted by Crippen LogP contribution is 2.21. The summed E-state index contributed by atoms with van der Waals surface area (Å²) >= 11 is 1.98. The summed E-state index contributed by atoms with van der Waals surface area (Å²) in [4.78, 5) is 4.00. The lowest BCUT2D eigenvalue weighted by Gasteiger charge is -2.32. The normalized spacial score (nSPS) is 19.6. The van der Waals surface area contributed by atoms with Crippen LogP contribution in [0.3, 0.4) is 0 Å². The van der Waals surface area contributed by atoms with Gasteiger partial charge in [0.15, 0.2) is 0 Å². The van der Waals surface area contributed by atoms with Crippen LogP contribution in [0, 0.1) is 13.8 Å². The number of benzene rings is 1. The van der Waals surface area contributed by atoms with Gasteiger partial charge in [0.05, 0.1) is 0 Å². The average Bonchev–Trinajstić information content (AvgIpc) is 2.43. The van der Waals surface area contributed by atoms with Crippen LogP contribution >= 0.6 is 24.2 Å². The second-order valence-electron chi connectivity index (χ2n) is 5.52. The molecule has 0 spiro atoms. The Hall–Kier alpha value is -0.220. The minimum Gasteiger partial charge on any atom is -0.316 e. The molecule has 2 rings (SSSR count). The van der Waals surface area contributed by atoms with Crippen molar-refractivity contribution in [1.29, 1.82) is 0 Å². The van der Waals surface area contributed by atoms with Crippen molar-refractivity contribution in [1.82, 2.24) is 10.2 Å². The van der Waals surface area contributed by atoms with E-state index >= 15 is 0 Å². The first-order chi connectivity index (χ1) is 9.19. The molecule has 1 aliphatic heterocycles. The minimum atomic E-state index is 0. The van der Waals surface area contributed by atoms with Gasteiger partial charge in [0.2, 0.25) is 0 Å². The number of aryl methyl sites for hydroxylation is 2. The fourth-order valence-electron chi connectivity index (χ4n) is 2.59. The Morgan fingerprint density at radius 1 is 1.30 bits per heavy atom. The van der Waals surface area contributed by atoms with Crippen LogP contribution in [-0.4, -0.2) is 43.4 Å². The number of hydrogen-bond acceptors (Lipinski definition) is 3. The third kappa shape index (κ3) is 5.28. The van der Waals surface area contributed by atoms with Crippen molar-refractivity contribution in [3.8, 4) is 0 Å². The monoisotopic (exact) mass is 314 g/mol. The molecule has 114 valence electrons. The number of nitrogens with zero attached hydrogens (tertiary/aromatic N) is 1. The molecule has 1 saturated heterocycles. The number of nitrogens with one attached hydrogen (secondary N) is 1. The van der Waals surface area contributed by atoms with Gasteiger partial charge < -0.3 is 10.2 Å². The predicted octanol–water partition coefficient (Wildman–Crippen LogP) is 3.50. The Balaban J connectivity index is 0.00000200. The summed E-state index contributed by atoms with van der Waals surface area (Å²) in [7, 11) is 2.08. The van der Waals surface area contributed by atoms with E-state index in [1.807, 2.05) is 11.8 Å². The lowest BCUT2D eigenvalue weighted by molar-refractivity contribution is 0.206. The first-order valence-corrected chi connectivity index (χ1v) is 8.27. The summed E-state index contributed by atoms with van der Waals surface area (Å²) < 4.78 is 0. The van der Waals surface area contributed by atoms with E-state index in [1.54, 1.807) is 0 Å². The zero-order chi connectivity index (χ0) is 13.7. The van der Waals surface area contributed by atoms with Crippen molar-refractivity contribution in [3.63, 3.8) is 0 Å². The molecule has 2 nitrogen and oxygen atoms in total. The Morgan fingerprint density at radius 3 is 2.80 bits per heavy atom. The highest BCUT2D eigenvalue weighted by atomic mass is 35.5. The SMILES string of the molecule is CNC1CCCN(CCSc2ccc(C)c(C)c2)C1.Cl. The van der Waals surface area contributed by atoms with Crippen molar-refractivity contribution >= 4 is 24.2 Å². The Kier molecular flexibility index (Phi) is 7.96. The van der Waals surface area contributed by atoms with E-state index in [9.17, 15) is 0 Å². The highest BCUT2D eigenvalue weighted by molar-refractivity contribution is 7.99. The largest absolute Gasteiger partial charge is 0.316 e. The summed E-state index contributed by atoms with van der Waals surface area (Å²) in [6, 6.07) is 7.49. The molecule has 0 amide bonds. The number of thioether (sulfide) groups is 1. The zero-order valence-corrected chi connectivity index (χ0v) is 14.4. The van der Waals surface area contributed by atoms with E-state index in [0.717, 1.165) is 0 Å². The van der Waals surface area contributed by atoms with Crippen LogP contribution in [0.2, 0.25) is 0 Å². The van der Waals surface area contributed by atoms with Gasteiger partial charge in [-0.05, 0) is 63.5 Å². The molecular weight excluding hydrogens is 288 g/mol. The van der Waals surface area contributed by atoms with E-state index in [-0.39, 0.29) is 12.4 Å². The smallest absolute Gasteiger partial charge is 0.0192 e. The van der Waals surface area contributed by atoms with Gasteiger partial charge in [0.1, 0.15) is 0 Å². The lowest BCUT2D eigenvalue weighted by Crippen LogP contribution is -2.45. The number of likely N-dealkylation sites (N-methyl/N-ethyl adjacent to an activating group) is 1. The van der Waals surface area contributed by atoms with Crippen LogP contribution < -0.4 is 5.32 Å². The first-order valence-electron chi connectivity index (χ1n) is 7.28. The summed E-state index contributed by atoms with van der Waals surface area (Å²) in [5.74, 6) is 1.19. The molecule has 0 saturated carbocycles. The van der Waals surface area contributed by atoms with Crippen LogP contribution in [-0.2, 0) is 0 Å². The second kappa shape index (κ2) is 8.93. The average molecular weight is 315 g/mol. The standard InChI is InChI=1S/C16H26N2S.ClH/c1-13-6-7-16(11-14(13)2)19-10-9-18-8-4-5-15(12-18)17-3;/h6-7,11,15,17H,4-5,8-10,12H2,1-3H3;1H. The molecule has 1 aromatic rings. The molecule has 1 N–H and O–H groups in total. The van der Waals surface area contributed by atoms with Gasteiger partial charge in [0, 0.05) is 29.8 Å². The van der Waals surface area contributed by atoms with Crippen molar-refractivity contribution in [2.75, 3.05) is 32.4 Å². The first kappa shape index (κ1) is 17.8.